The summed E-state index contributed by atoms with van der Waals surface area (Å²) in [7, 11) is 0. The number of amides is 1. The lowest BCUT2D eigenvalue weighted by atomic mass is 10.1. The standard InChI is InChI=1S/C21H24N4O2/c26-13-10-17-15-25(12-11-24(17)14-16-6-2-1-3-7-16)21(27)20-18-8-4-5-9-19(18)22-23-20/h1-9,17,26H,10-15H2,(H,22,23)/t17-/m0/s1. The topological polar surface area (TPSA) is 72.5 Å². The number of piperazine rings is 1. The number of nitrogens with zero attached hydrogens (tertiary/aromatic N) is 3. The molecule has 4 rings (SSSR count). The summed E-state index contributed by atoms with van der Waals surface area (Å²) < 4.78 is 0. The summed E-state index contributed by atoms with van der Waals surface area (Å²) in [5.74, 6) is -0.0465. The molecule has 2 heterocycles. The van der Waals surface area contributed by atoms with E-state index in [0.717, 1.165) is 24.0 Å². The fourth-order valence-corrected chi connectivity index (χ4v) is 3.80. The molecule has 1 amide bonds. The lowest BCUT2D eigenvalue weighted by Crippen LogP contribution is -2.54. The SMILES string of the molecule is O=C(c1n[nH]c2ccccc12)N1CCN(Cc2ccccc2)[C@@H](CCO)C1. The number of carbonyl (C=O) groups excluding carboxylic acids is 1. The minimum Gasteiger partial charge on any atom is -0.396 e. The van der Waals surface area contributed by atoms with Crippen molar-refractivity contribution in [1.29, 1.82) is 0 Å². The van der Waals surface area contributed by atoms with Crippen LogP contribution in [0.1, 0.15) is 22.5 Å². The van der Waals surface area contributed by atoms with Gasteiger partial charge in [0.25, 0.3) is 5.91 Å². The van der Waals surface area contributed by atoms with Gasteiger partial charge in [0, 0.05) is 44.2 Å². The second-order valence-corrected chi connectivity index (χ2v) is 6.99. The highest BCUT2D eigenvalue weighted by Gasteiger charge is 2.31. The number of hydrogen-bond donors (Lipinski definition) is 2. The first-order valence-electron chi connectivity index (χ1n) is 9.37. The number of aromatic amines is 1. The van der Waals surface area contributed by atoms with Crippen LogP contribution in [0.4, 0.5) is 0 Å². The Balaban J connectivity index is 1.50. The van der Waals surface area contributed by atoms with Gasteiger partial charge >= 0.3 is 0 Å². The lowest BCUT2D eigenvalue weighted by Gasteiger charge is -2.41. The van der Waals surface area contributed by atoms with Gasteiger partial charge in [-0.05, 0) is 18.1 Å². The molecule has 2 N–H and O–H groups in total. The predicted molar refractivity (Wildman–Crippen MR) is 104 cm³/mol. The molecule has 0 bridgehead atoms. The van der Waals surface area contributed by atoms with E-state index in [1.807, 2.05) is 47.4 Å². The number of hydrogen-bond acceptors (Lipinski definition) is 4. The van der Waals surface area contributed by atoms with Crippen LogP contribution in [0.15, 0.2) is 54.6 Å². The summed E-state index contributed by atoms with van der Waals surface area (Å²) in [6.07, 6.45) is 0.651. The van der Waals surface area contributed by atoms with Gasteiger partial charge < -0.3 is 10.0 Å². The van der Waals surface area contributed by atoms with Crippen LogP contribution < -0.4 is 0 Å². The summed E-state index contributed by atoms with van der Waals surface area (Å²) in [6, 6.07) is 18.1. The molecule has 1 saturated heterocycles. The van der Waals surface area contributed by atoms with Crippen LogP contribution in [0.5, 0.6) is 0 Å². The summed E-state index contributed by atoms with van der Waals surface area (Å²) in [5, 5.41) is 17.5. The van der Waals surface area contributed by atoms with Gasteiger partial charge in [-0.3, -0.25) is 14.8 Å². The summed E-state index contributed by atoms with van der Waals surface area (Å²) in [4.78, 5) is 17.3. The monoisotopic (exact) mass is 364 g/mol. The molecule has 0 spiro atoms. The summed E-state index contributed by atoms with van der Waals surface area (Å²) in [6.45, 7) is 3.00. The van der Waals surface area contributed by atoms with Crippen molar-refractivity contribution in [3.8, 4) is 0 Å². The van der Waals surface area contributed by atoms with Crippen molar-refractivity contribution in [2.75, 3.05) is 26.2 Å². The van der Waals surface area contributed by atoms with Gasteiger partial charge in [0.05, 0.1) is 5.52 Å². The number of fused-ring (bicyclic) bond motifs is 1. The molecule has 2 aromatic carbocycles. The Morgan fingerprint density at radius 3 is 2.70 bits per heavy atom. The van der Waals surface area contributed by atoms with E-state index in [1.165, 1.54) is 5.56 Å². The smallest absolute Gasteiger partial charge is 0.275 e. The number of rotatable bonds is 5. The van der Waals surface area contributed by atoms with Crippen molar-refractivity contribution >= 4 is 16.8 Å². The van der Waals surface area contributed by atoms with E-state index in [1.54, 1.807) is 0 Å². The molecule has 1 aliphatic heterocycles. The Kier molecular flexibility index (Phi) is 5.18. The fraction of sp³-hybridized carbons (Fsp3) is 0.333. The lowest BCUT2D eigenvalue weighted by molar-refractivity contribution is 0.0392. The van der Waals surface area contributed by atoms with E-state index < -0.39 is 0 Å². The Labute approximate surface area is 158 Å². The number of benzene rings is 2. The highest BCUT2D eigenvalue weighted by atomic mass is 16.3. The molecule has 27 heavy (non-hydrogen) atoms. The molecule has 1 aliphatic rings. The average Bonchev–Trinajstić information content (AvgIpc) is 3.14. The number of nitrogens with one attached hydrogen (secondary N) is 1. The number of H-pyrrole nitrogens is 1. The Morgan fingerprint density at radius 1 is 1.11 bits per heavy atom. The van der Waals surface area contributed by atoms with Gasteiger partial charge in [-0.15, -0.1) is 0 Å². The zero-order chi connectivity index (χ0) is 18.6. The normalized spacial score (nSPS) is 18.1. The molecule has 3 aromatic rings. The molecule has 0 unspecified atom stereocenters. The molecule has 0 aliphatic carbocycles. The largest absolute Gasteiger partial charge is 0.396 e. The number of para-hydroxylation sites is 1. The Hall–Kier alpha value is -2.70. The van der Waals surface area contributed by atoms with Crippen molar-refractivity contribution in [2.45, 2.75) is 19.0 Å². The van der Waals surface area contributed by atoms with Gasteiger partial charge in [0.1, 0.15) is 0 Å². The first kappa shape index (κ1) is 17.7. The quantitative estimate of drug-likeness (QED) is 0.729. The molecule has 1 fully saturated rings. The van der Waals surface area contributed by atoms with Crippen molar-refractivity contribution in [1.82, 2.24) is 20.0 Å². The summed E-state index contributed by atoms with van der Waals surface area (Å²) >= 11 is 0. The van der Waals surface area contributed by atoms with E-state index in [0.29, 0.717) is 25.2 Å². The number of aromatic nitrogens is 2. The molecular weight excluding hydrogens is 340 g/mol. The van der Waals surface area contributed by atoms with E-state index in [9.17, 15) is 9.90 Å². The van der Waals surface area contributed by atoms with Crippen LogP contribution in [0.2, 0.25) is 0 Å². The third-order valence-corrected chi connectivity index (χ3v) is 5.26. The van der Waals surface area contributed by atoms with E-state index >= 15 is 0 Å². The van der Waals surface area contributed by atoms with Gasteiger partial charge in [-0.2, -0.15) is 5.10 Å². The van der Waals surface area contributed by atoms with Crippen LogP contribution in [-0.2, 0) is 6.54 Å². The second-order valence-electron chi connectivity index (χ2n) is 6.99. The first-order chi connectivity index (χ1) is 13.3. The predicted octanol–water partition coefficient (Wildman–Crippen LogP) is 2.27. The summed E-state index contributed by atoms with van der Waals surface area (Å²) in [5.41, 5.74) is 2.60. The van der Waals surface area contributed by atoms with E-state index in [4.69, 9.17) is 0 Å². The molecule has 1 atom stereocenters. The molecular formula is C21H24N4O2. The van der Waals surface area contributed by atoms with Crippen molar-refractivity contribution < 1.29 is 9.90 Å². The van der Waals surface area contributed by atoms with Crippen LogP contribution in [-0.4, -0.2) is 63.3 Å². The number of aliphatic hydroxyl groups is 1. The van der Waals surface area contributed by atoms with Gasteiger partial charge in [0.2, 0.25) is 0 Å². The Morgan fingerprint density at radius 2 is 1.89 bits per heavy atom. The van der Waals surface area contributed by atoms with E-state index in [-0.39, 0.29) is 18.6 Å². The molecule has 1 aromatic heterocycles. The molecule has 0 radical (unpaired) electrons. The second kappa shape index (κ2) is 7.90. The highest BCUT2D eigenvalue weighted by Crippen LogP contribution is 2.21. The number of carbonyl (C=O) groups is 1. The zero-order valence-corrected chi connectivity index (χ0v) is 15.2. The van der Waals surface area contributed by atoms with Gasteiger partial charge in [0.15, 0.2) is 5.69 Å². The zero-order valence-electron chi connectivity index (χ0n) is 15.2. The first-order valence-corrected chi connectivity index (χ1v) is 9.37. The minimum atomic E-state index is -0.0465. The van der Waals surface area contributed by atoms with Crippen molar-refractivity contribution in [3.63, 3.8) is 0 Å². The fourth-order valence-electron chi connectivity index (χ4n) is 3.80. The average molecular weight is 364 g/mol. The highest BCUT2D eigenvalue weighted by molar-refractivity contribution is 6.04. The minimum absolute atomic E-state index is 0.0465. The van der Waals surface area contributed by atoms with Gasteiger partial charge in [-0.1, -0.05) is 48.5 Å². The third kappa shape index (κ3) is 3.72. The maximum atomic E-state index is 13.1. The van der Waals surface area contributed by atoms with Crippen LogP contribution in [0.3, 0.4) is 0 Å². The molecule has 6 nitrogen and oxygen atoms in total. The maximum absolute atomic E-state index is 13.1. The molecule has 140 valence electrons. The Bertz CT molecular complexity index is 909. The van der Waals surface area contributed by atoms with Crippen molar-refractivity contribution in [2.24, 2.45) is 0 Å². The molecule has 6 heteroatoms. The van der Waals surface area contributed by atoms with Crippen molar-refractivity contribution in [3.05, 3.63) is 65.9 Å². The van der Waals surface area contributed by atoms with Crippen LogP contribution >= 0.6 is 0 Å². The number of aliphatic hydroxyl groups excluding tert-OH is 1. The van der Waals surface area contributed by atoms with Crippen LogP contribution in [0.25, 0.3) is 10.9 Å². The van der Waals surface area contributed by atoms with Gasteiger partial charge in [-0.25, -0.2) is 0 Å². The maximum Gasteiger partial charge on any atom is 0.275 e. The third-order valence-electron chi connectivity index (χ3n) is 5.26. The van der Waals surface area contributed by atoms with Crippen LogP contribution in [0, 0.1) is 0 Å². The van der Waals surface area contributed by atoms with E-state index in [2.05, 4.69) is 27.2 Å². The molecule has 0 saturated carbocycles.